The summed E-state index contributed by atoms with van der Waals surface area (Å²) in [6.07, 6.45) is 1.84. The number of hydrogen-bond donors (Lipinski definition) is 0. The fourth-order valence-electron chi connectivity index (χ4n) is 3.19. The van der Waals surface area contributed by atoms with Gasteiger partial charge >= 0.3 is 0 Å². The Morgan fingerprint density at radius 3 is 2.32 bits per heavy atom. The van der Waals surface area contributed by atoms with Crippen molar-refractivity contribution in [2.75, 3.05) is 14.2 Å². The molecule has 1 aliphatic heterocycles. The Balaban J connectivity index is 1.71. The Hall–Kier alpha value is -3.51. The number of methoxy groups -OCH3 is 2. The van der Waals surface area contributed by atoms with Crippen molar-refractivity contribution in [1.82, 2.24) is 4.90 Å². The molecule has 0 bridgehead atoms. The van der Waals surface area contributed by atoms with Crippen LogP contribution < -0.4 is 9.47 Å². The monoisotopic (exact) mass is 430 g/mol. The molecule has 1 heterocycles. The Morgan fingerprint density at radius 1 is 0.935 bits per heavy atom. The van der Waals surface area contributed by atoms with Crippen LogP contribution in [-0.2, 0) is 11.3 Å². The number of amides is 1. The molecule has 5 nitrogen and oxygen atoms in total. The van der Waals surface area contributed by atoms with Crippen molar-refractivity contribution in [3.05, 3.63) is 94.9 Å². The number of rotatable bonds is 6. The third-order valence-electron chi connectivity index (χ3n) is 4.78. The maximum atomic E-state index is 13.3. The minimum atomic E-state index is -0.0820. The van der Waals surface area contributed by atoms with Gasteiger partial charge in [0.1, 0.15) is 11.5 Å². The molecule has 1 saturated heterocycles. The summed E-state index contributed by atoms with van der Waals surface area (Å²) in [6, 6.07) is 25.1. The summed E-state index contributed by atoms with van der Waals surface area (Å²) in [4.78, 5) is 20.4. The molecule has 3 aromatic rings. The average molecular weight is 431 g/mol. The van der Waals surface area contributed by atoms with Crippen LogP contribution >= 0.6 is 11.8 Å². The van der Waals surface area contributed by atoms with E-state index in [1.54, 1.807) is 25.2 Å². The number of amidine groups is 1. The van der Waals surface area contributed by atoms with Gasteiger partial charge in [-0.1, -0.05) is 48.5 Å². The molecule has 31 heavy (non-hydrogen) atoms. The number of para-hydroxylation sites is 1. The first-order valence-corrected chi connectivity index (χ1v) is 10.6. The molecule has 0 aromatic heterocycles. The quantitative estimate of drug-likeness (QED) is 0.484. The standard InChI is InChI=1S/C25H22N2O3S/c1-29-21-14-13-19(22(16-21)30-2)15-23-24(28)27(17-18-9-5-3-6-10-18)25(31-23)26-20-11-7-4-8-12-20/h3-16H,17H2,1-2H3/b23-15-,26-25?. The smallest absolute Gasteiger partial charge is 0.267 e. The van der Waals surface area contributed by atoms with Gasteiger partial charge in [-0.2, -0.15) is 0 Å². The van der Waals surface area contributed by atoms with Crippen molar-refractivity contribution in [2.45, 2.75) is 6.54 Å². The summed E-state index contributed by atoms with van der Waals surface area (Å²) in [6.45, 7) is 0.454. The largest absolute Gasteiger partial charge is 0.497 e. The van der Waals surface area contributed by atoms with Crippen LogP contribution in [-0.4, -0.2) is 30.2 Å². The van der Waals surface area contributed by atoms with Crippen LogP contribution in [0.25, 0.3) is 6.08 Å². The van der Waals surface area contributed by atoms with Gasteiger partial charge < -0.3 is 9.47 Å². The van der Waals surface area contributed by atoms with Crippen LogP contribution in [0.5, 0.6) is 11.5 Å². The number of hydrogen-bond acceptors (Lipinski definition) is 5. The van der Waals surface area contributed by atoms with E-state index >= 15 is 0 Å². The molecule has 4 rings (SSSR count). The van der Waals surface area contributed by atoms with Crippen LogP contribution in [0.2, 0.25) is 0 Å². The molecule has 0 aliphatic carbocycles. The van der Waals surface area contributed by atoms with E-state index < -0.39 is 0 Å². The lowest BCUT2D eigenvalue weighted by Gasteiger charge is -2.15. The highest BCUT2D eigenvalue weighted by Crippen LogP contribution is 2.37. The maximum Gasteiger partial charge on any atom is 0.267 e. The Morgan fingerprint density at radius 2 is 1.65 bits per heavy atom. The second-order valence-electron chi connectivity index (χ2n) is 6.83. The van der Waals surface area contributed by atoms with E-state index in [1.165, 1.54) is 11.8 Å². The molecule has 1 aliphatic rings. The van der Waals surface area contributed by atoms with Gasteiger partial charge in [-0.15, -0.1) is 0 Å². The van der Waals surface area contributed by atoms with E-state index in [9.17, 15) is 4.79 Å². The zero-order valence-corrected chi connectivity index (χ0v) is 18.1. The van der Waals surface area contributed by atoms with Crippen LogP contribution in [0.3, 0.4) is 0 Å². The van der Waals surface area contributed by atoms with Gasteiger partial charge in [0.2, 0.25) is 0 Å². The summed E-state index contributed by atoms with van der Waals surface area (Å²) in [5, 5.41) is 0.652. The van der Waals surface area contributed by atoms with Gasteiger partial charge in [-0.05, 0) is 47.7 Å². The highest BCUT2D eigenvalue weighted by Gasteiger charge is 2.33. The fourth-order valence-corrected chi connectivity index (χ4v) is 4.18. The van der Waals surface area contributed by atoms with Gasteiger partial charge in [0.05, 0.1) is 31.4 Å². The second-order valence-corrected chi connectivity index (χ2v) is 7.83. The van der Waals surface area contributed by atoms with E-state index in [2.05, 4.69) is 0 Å². The topological polar surface area (TPSA) is 51.1 Å². The molecule has 0 radical (unpaired) electrons. The molecule has 0 atom stereocenters. The first-order valence-electron chi connectivity index (χ1n) is 9.79. The molecule has 0 unspecified atom stereocenters. The second kappa shape index (κ2) is 9.53. The third-order valence-corrected chi connectivity index (χ3v) is 5.79. The van der Waals surface area contributed by atoms with E-state index in [1.807, 2.05) is 78.9 Å². The summed E-state index contributed by atoms with van der Waals surface area (Å²) < 4.78 is 10.8. The SMILES string of the molecule is COc1ccc(/C=C2\SC(=Nc3ccccc3)N(Cc3ccccc3)C2=O)c(OC)c1. The lowest BCUT2D eigenvalue weighted by atomic mass is 10.1. The number of nitrogens with zero attached hydrogens (tertiary/aromatic N) is 2. The Bertz CT molecular complexity index is 1130. The minimum absolute atomic E-state index is 0.0820. The Labute approximate surface area is 186 Å². The normalized spacial score (nSPS) is 16.2. The van der Waals surface area contributed by atoms with E-state index in [-0.39, 0.29) is 5.91 Å². The van der Waals surface area contributed by atoms with Gasteiger partial charge in [-0.3, -0.25) is 9.69 Å². The summed E-state index contributed by atoms with van der Waals surface area (Å²) in [5.41, 5.74) is 2.65. The molecule has 1 amide bonds. The van der Waals surface area contributed by atoms with Crippen LogP contribution in [0.4, 0.5) is 5.69 Å². The lowest BCUT2D eigenvalue weighted by molar-refractivity contribution is -0.122. The summed E-state index contributed by atoms with van der Waals surface area (Å²) >= 11 is 1.37. The molecule has 156 valence electrons. The summed E-state index contributed by atoms with van der Waals surface area (Å²) in [7, 11) is 3.21. The van der Waals surface area contributed by atoms with Gasteiger partial charge in [0.25, 0.3) is 5.91 Å². The van der Waals surface area contributed by atoms with Crippen LogP contribution in [0.1, 0.15) is 11.1 Å². The van der Waals surface area contributed by atoms with Crippen LogP contribution in [0, 0.1) is 0 Å². The van der Waals surface area contributed by atoms with Crippen LogP contribution in [0.15, 0.2) is 88.8 Å². The predicted molar refractivity (Wildman–Crippen MR) is 126 cm³/mol. The number of aliphatic imine (C=N–C) groups is 1. The van der Waals surface area contributed by atoms with Crippen molar-refractivity contribution in [3.63, 3.8) is 0 Å². The van der Waals surface area contributed by atoms with E-state index in [4.69, 9.17) is 14.5 Å². The van der Waals surface area contributed by atoms with Crippen molar-refractivity contribution in [3.8, 4) is 11.5 Å². The van der Waals surface area contributed by atoms with Gasteiger partial charge in [0.15, 0.2) is 5.17 Å². The molecular weight excluding hydrogens is 408 g/mol. The Kier molecular flexibility index (Phi) is 6.38. The van der Waals surface area contributed by atoms with Gasteiger partial charge in [-0.25, -0.2) is 4.99 Å². The number of thioether (sulfide) groups is 1. The van der Waals surface area contributed by atoms with Crippen molar-refractivity contribution >= 4 is 34.6 Å². The van der Waals surface area contributed by atoms with Crippen molar-refractivity contribution < 1.29 is 14.3 Å². The zero-order chi connectivity index (χ0) is 21.6. The van der Waals surface area contributed by atoms with E-state index in [0.29, 0.717) is 28.1 Å². The molecule has 6 heteroatoms. The molecular formula is C25H22N2O3S. The molecule has 3 aromatic carbocycles. The first-order chi connectivity index (χ1) is 15.2. The van der Waals surface area contributed by atoms with Gasteiger partial charge in [0, 0.05) is 11.6 Å². The molecule has 0 N–H and O–H groups in total. The number of ether oxygens (including phenoxy) is 2. The predicted octanol–water partition coefficient (Wildman–Crippen LogP) is 5.51. The highest BCUT2D eigenvalue weighted by atomic mass is 32.2. The fraction of sp³-hybridized carbons (Fsp3) is 0.120. The molecule has 0 saturated carbocycles. The summed E-state index contributed by atoms with van der Waals surface area (Å²) in [5.74, 6) is 1.26. The number of carbonyl (C=O) groups is 1. The minimum Gasteiger partial charge on any atom is -0.497 e. The average Bonchev–Trinajstić information content (AvgIpc) is 3.09. The maximum absolute atomic E-state index is 13.3. The third kappa shape index (κ3) is 4.81. The number of benzene rings is 3. The molecule has 0 spiro atoms. The first kappa shape index (κ1) is 20.8. The van der Waals surface area contributed by atoms with E-state index in [0.717, 1.165) is 16.8 Å². The highest BCUT2D eigenvalue weighted by molar-refractivity contribution is 8.18. The number of carbonyl (C=O) groups excluding carboxylic acids is 1. The van der Waals surface area contributed by atoms with Crippen molar-refractivity contribution in [2.24, 2.45) is 4.99 Å². The molecule has 1 fully saturated rings. The van der Waals surface area contributed by atoms with Crippen molar-refractivity contribution in [1.29, 1.82) is 0 Å². The zero-order valence-electron chi connectivity index (χ0n) is 17.3. The lowest BCUT2D eigenvalue weighted by Crippen LogP contribution is -2.28.